The number of H-pyrrole nitrogens is 1. The summed E-state index contributed by atoms with van der Waals surface area (Å²) in [4.78, 5) is 17.6. The molecule has 1 aromatic heterocycles. The van der Waals surface area contributed by atoms with E-state index in [4.69, 9.17) is 0 Å². The molecule has 1 amide bonds. The fraction of sp³-hybridized carbons (Fsp3) is 0.174. The summed E-state index contributed by atoms with van der Waals surface area (Å²) in [6.07, 6.45) is 0.463. The number of aromatic nitrogens is 1. The minimum absolute atomic E-state index is 0.0455. The normalized spacial score (nSPS) is 12.4. The highest BCUT2D eigenvalue weighted by Gasteiger charge is 2.20. The van der Waals surface area contributed by atoms with Gasteiger partial charge in [-0.15, -0.1) is 0 Å². The predicted molar refractivity (Wildman–Crippen MR) is 107 cm³/mol. The molecule has 0 saturated heterocycles. The number of nitrogens with zero attached hydrogens (tertiary/aromatic N) is 1. The number of carbonyl (C=O) groups is 1. The fourth-order valence-electron chi connectivity index (χ4n) is 3.55. The van der Waals surface area contributed by atoms with Gasteiger partial charge >= 0.3 is 0 Å². The molecule has 3 nitrogen and oxygen atoms in total. The zero-order chi connectivity index (χ0) is 18.1. The highest BCUT2D eigenvalue weighted by atomic mass is 16.2. The minimum Gasteiger partial charge on any atom is -0.355 e. The third-order valence-corrected chi connectivity index (χ3v) is 5.01. The van der Waals surface area contributed by atoms with Crippen molar-refractivity contribution in [2.24, 2.45) is 0 Å². The topological polar surface area (TPSA) is 36.1 Å². The highest BCUT2D eigenvalue weighted by Crippen LogP contribution is 2.33. The summed E-state index contributed by atoms with van der Waals surface area (Å²) in [5.74, 6) is 0.182. The van der Waals surface area contributed by atoms with Gasteiger partial charge in [0.05, 0.1) is 0 Å². The van der Waals surface area contributed by atoms with Crippen LogP contribution in [-0.4, -0.2) is 29.9 Å². The van der Waals surface area contributed by atoms with Crippen molar-refractivity contribution in [2.75, 3.05) is 14.1 Å². The van der Waals surface area contributed by atoms with E-state index in [0.717, 1.165) is 11.0 Å². The Morgan fingerprint density at radius 3 is 2.31 bits per heavy atom. The Balaban J connectivity index is 1.84. The zero-order valence-electron chi connectivity index (χ0n) is 15.1. The van der Waals surface area contributed by atoms with Gasteiger partial charge in [0, 0.05) is 48.2 Å². The van der Waals surface area contributed by atoms with E-state index in [1.165, 1.54) is 21.9 Å². The molecule has 1 unspecified atom stereocenters. The van der Waals surface area contributed by atoms with Crippen molar-refractivity contribution in [2.45, 2.75) is 12.3 Å². The van der Waals surface area contributed by atoms with Crippen LogP contribution in [-0.2, 0) is 4.79 Å². The van der Waals surface area contributed by atoms with Crippen molar-refractivity contribution in [1.29, 1.82) is 0 Å². The number of benzene rings is 3. The maximum Gasteiger partial charge on any atom is 0.223 e. The van der Waals surface area contributed by atoms with Crippen LogP contribution in [0.15, 0.2) is 72.8 Å². The van der Waals surface area contributed by atoms with E-state index >= 15 is 0 Å². The van der Waals surface area contributed by atoms with Gasteiger partial charge in [0.15, 0.2) is 0 Å². The van der Waals surface area contributed by atoms with Gasteiger partial charge in [-0.1, -0.05) is 54.6 Å². The molecule has 3 heteroatoms. The van der Waals surface area contributed by atoms with Crippen LogP contribution in [0.2, 0.25) is 0 Å². The second kappa shape index (κ2) is 6.68. The first-order valence-electron chi connectivity index (χ1n) is 8.89. The van der Waals surface area contributed by atoms with Crippen LogP contribution < -0.4 is 0 Å². The molecule has 1 atom stereocenters. The van der Waals surface area contributed by atoms with Crippen molar-refractivity contribution in [3.8, 4) is 0 Å². The van der Waals surface area contributed by atoms with Crippen molar-refractivity contribution in [1.82, 2.24) is 9.88 Å². The summed E-state index contributed by atoms with van der Waals surface area (Å²) in [6.45, 7) is 0. The van der Waals surface area contributed by atoms with E-state index in [-0.39, 0.29) is 11.8 Å². The van der Waals surface area contributed by atoms with Crippen LogP contribution in [0.25, 0.3) is 21.8 Å². The summed E-state index contributed by atoms with van der Waals surface area (Å²) >= 11 is 0. The Bertz CT molecular complexity index is 1060. The summed E-state index contributed by atoms with van der Waals surface area (Å²) in [6, 6.07) is 25.1. The highest BCUT2D eigenvalue weighted by molar-refractivity contribution is 6.07. The average molecular weight is 342 g/mol. The minimum atomic E-state index is 0.0455. The largest absolute Gasteiger partial charge is 0.355 e. The third-order valence-electron chi connectivity index (χ3n) is 5.01. The monoisotopic (exact) mass is 342 g/mol. The van der Waals surface area contributed by atoms with Gasteiger partial charge in [-0.25, -0.2) is 0 Å². The van der Waals surface area contributed by atoms with Crippen molar-refractivity contribution in [3.63, 3.8) is 0 Å². The predicted octanol–water partition coefficient (Wildman–Crippen LogP) is 4.93. The molecular weight excluding hydrogens is 320 g/mol. The van der Waals surface area contributed by atoms with Gasteiger partial charge in [0.2, 0.25) is 5.91 Å². The summed E-state index contributed by atoms with van der Waals surface area (Å²) < 4.78 is 0. The Kier molecular flexibility index (Phi) is 4.21. The molecule has 1 heterocycles. The number of fused-ring (bicyclic) bond motifs is 3. The van der Waals surface area contributed by atoms with E-state index in [1.807, 2.05) is 38.4 Å². The molecule has 0 radical (unpaired) electrons. The molecule has 0 bridgehead atoms. The molecule has 0 spiro atoms. The number of carbonyl (C=O) groups excluding carboxylic acids is 1. The number of nitrogens with one attached hydrogen (secondary N) is 1. The Morgan fingerprint density at radius 1 is 0.846 bits per heavy atom. The smallest absolute Gasteiger partial charge is 0.223 e. The quantitative estimate of drug-likeness (QED) is 0.561. The van der Waals surface area contributed by atoms with Crippen LogP contribution in [0, 0.1) is 0 Å². The molecule has 0 aliphatic carbocycles. The lowest BCUT2D eigenvalue weighted by molar-refractivity contribution is -0.128. The number of hydrogen-bond acceptors (Lipinski definition) is 1. The lowest BCUT2D eigenvalue weighted by atomic mass is 9.87. The van der Waals surface area contributed by atoms with Crippen LogP contribution in [0.3, 0.4) is 0 Å². The van der Waals surface area contributed by atoms with Crippen molar-refractivity contribution >= 4 is 27.7 Å². The van der Waals surface area contributed by atoms with Crippen LogP contribution >= 0.6 is 0 Å². The van der Waals surface area contributed by atoms with E-state index < -0.39 is 0 Å². The van der Waals surface area contributed by atoms with Gasteiger partial charge in [-0.2, -0.15) is 0 Å². The fourth-order valence-corrected chi connectivity index (χ4v) is 3.55. The van der Waals surface area contributed by atoms with Crippen LogP contribution in [0.5, 0.6) is 0 Å². The van der Waals surface area contributed by atoms with E-state index in [2.05, 4.69) is 53.5 Å². The van der Waals surface area contributed by atoms with Gasteiger partial charge in [-0.05, 0) is 29.3 Å². The molecule has 4 aromatic rings. The first-order chi connectivity index (χ1) is 12.6. The first kappa shape index (κ1) is 16.4. The van der Waals surface area contributed by atoms with E-state index in [9.17, 15) is 4.79 Å². The second-order valence-electron chi connectivity index (χ2n) is 6.93. The molecule has 3 aromatic carbocycles. The molecule has 0 saturated carbocycles. The number of aromatic amines is 1. The molecule has 0 fully saturated rings. The summed E-state index contributed by atoms with van der Waals surface area (Å²) in [7, 11) is 3.63. The summed E-state index contributed by atoms with van der Waals surface area (Å²) in [5.41, 5.74) is 4.60. The Labute approximate surface area is 153 Å². The van der Waals surface area contributed by atoms with Gasteiger partial charge in [0.1, 0.15) is 0 Å². The number of rotatable bonds is 4. The van der Waals surface area contributed by atoms with Crippen LogP contribution in [0.1, 0.15) is 23.5 Å². The van der Waals surface area contributed by atoms with Crippen LogP contribution in [0.4, 0.5) is 0 Å². The first-order valence-corrected chi connectivity index (χ1v) is 8.89. The molecule has 4 rings (SSSR count). The SMILES string of the molecule is CN(C)C(=O)CC(c1ccccc1)c1ccc2[nH]c3ccccc3c2c1. The van der Waals surface area contributed by atoms with Crippen molar-refractivity contribution in [3.05, 3.63) is 83.9 Å². The molecule has 130 valence electrons. The number of hydrogen-bond donors (Lipinski definition) is 1. The number of amides is 1. The maximum absolute atomic E-state index is 12.4. The molecule has 0 aliphatic rings. The Hall–Kier alpha value is -3.07. The van der Waals surface area contributed by atoms with E-state index in [1.54, 1.807) is 4.90 Å². The number of para-hydroxylation sites is 1. The van der Waals surface area contributed by atoms with Crippen molar-refractivity contribution < 1.29 is 4.79 Å². The molecular formula is C23H22N2O. The lowest BCUT2D eigenvalue weighted by Gasteiger charge is -2.20. The third kappa shape index (κ3) is 2.97. The lowest BCUT2D eigenvalue weighted by Crippen LogP contribution is -2.24. The maximum atomic E-state index is 12.4. The summed E-state index contributed by atoms with van der Waals surface area (Å²) in [5, 5.41) is 2.42. The molecule has 26 heavy (non-hydrogen) atoms. The van der Waals surface area contributed by atoms with Gasteiger partial charge in [0.25, 0.3) is 0 Å². The molecule has 0 aliphatic heterocycles. The average Bonchev–Trinajstić information content (AvgIpc) is 3.04. The van der Waals surface area contributed by atoms with E-state index in [0.29, 0.717) is 6.42 Å². The second-order valence-corrected chi connectivity index (χ2v) is 6.93. The van der Waals surface area contributed by atoms with Gasteiger partial charge < -0.3 is 9.88 Å². The standard InChI is InChI=1S/C23H22N2O/c1-25(2)23(26)15-19(16-8-4-3-5-9-16)17-12-13-22-20(14-17)18-10-6-7-11-21(18)24-22/h3-14,19,24H,15H2,1-2H3. The molecule has 1 N–H and O–H groups in total. The Morgan fingerprint density at radius 2 is 1.54 bits per heavy atom. The zero-order valence-corrected chi connectivity index (χ0v) is 15.1. The van der Waals surface area contributed by atoms with Gasteiger partial charge in [-0.3, -0.25) is 4.79 Å².